The molecule has 1 amide bonds. The average molecular weight is 466 g/mol. The van der Waals surface area contributed by atoms with Gasteiger partial charge in [0.25, 0.3) is 0 Å². The second-order valence-electron chi connectivity index (χ2n) is 7.70. The average Bonchev–Trinajstić information content (AvgIpc) is 2.75. The minimum atomic E-state index is -3.97. The number of nitrogens with zero attached hydrogens (tertiary/aromatic N) is 2. The Hall–Kier alpha value is -2.13. The van der Waals surface area contributed by atoms with Crippen LogP contribution in [0.4, 0.5) is 0 Å². The van der Waals surface area contributed by atoms with Crippen molar-refractivity contribution in [3.8, 4) is 5.75 Å². The Bertz CT molecular complexity index is 993. The van der Waals surface area contributed by atoms with Crippen molar-refractivity contribution in [2.24, 2.45) is 0 Å². The number of hydrogen-bond acceptors (Lipinski definition) is 5. The van der Waals surface area contributed by atoms with E-state index < -0.39 is 10.0 Å². The molecule has 1 heterocycles. The van der Waals surface area contributed by atoms with Gasteiger partial charge < -0.3 is 15.0 Å². The van der Waals surface area contributed by atoms with Gasteiger partial charge in [-0.25, -0.2) is 8.42 Å². The van der Waals surface area contributed by atoms with Gasteiger partial charge in [-0.3, -0.25) is 4.79 Å². The van der Waals surface area contributed by atoms with Crippen LogP contribution in [-0.2, 0) is 21.4 Å². The van der Waals surface area contributed by atoms with Gasteiger partial charge >= 0.3 is 0 Å². The summed E-state index contributed by atoms with van der Waals surface area (Å²) in [5, 5.41) is 3.18. The molecule has 0 bridgehead atoms. The zero-order chi connectivity index (χ0) is 22.4. The van der Waals surface area contributed by atoms with Crippen molar-refractivity contribution in [3.05, 3.63) is 59.1 Å². The summed E-state index contributed by atoms with van der Waals surface area (Å²) in [5.74, 6) is 0.0731. The molecule has 0 aliphatic carbocycles. The minimum Gasteiger partial charge on any atom is -0.495 e. The van der Waals surface area contributed by atoms with Crippen LogP contribution in [0.5, 0.6) is 5.75 Å². The largest absolute Gasteiger partial charge is 0.495 e. The molecule has 1 fully saturated rings. The van der Waals surface area contributed by atoms with Crippen LogP contribution in [0.3, 0.4) is 0 Å². The predicted molar refractivity (Wildman–Crippen MR) is 121 cm³/mol. The third-order valence-corrected chi connectivity index (χ3v) is 7.45. The highest BCUT2D eigenvalue weighted by molar-refractivity contribution is 7.89. The third-order valence-electron chi connectivity index (χ3n) is 5.37. The zero-order valence-electron chi connectivity index (χ0n) is 17.8. The number of carbonyl (C=O) groups excluding carboxylic acids is 1. The molecule has 3 rings (SSSR count). The van der Waals surface area contributed by atoms with Crippen molar-refractivity contribution in [1.29, 1.82) is 0 Å². The van der Waals surface area contributed by atoms with Gasteiger partial charge in [0.2, 0.25) is 15.9 Å². The van der Waals surface area contributed by atoms with E-state index in [0.29, 0.717) is 5.75 Å². The first-order valence-corrected chi connectivity index (χ1v) is 12.0. The summed E-state index contributed by atoms with van der Waals surface area (Å²) in [7, 11) is -0.457. The van der Waals surface area contributed by atoms with E-state index in [2.05, 4.69) is 10.2 Å². The highest BCUT2D eigenvalue weighted by Gasteiger charge is 2.29. The number of sulfonamides is 1. The third kappa shape index (κ3) is 6.20. The molecular weight excluding hydrogens is 438 g/mol. The van der Waals surface area contributed by atoms with Crippen LogP contribution < -0.4 is 10.1 Å². The molecule has 0 spiro atoms. The number of piperidine rings is 1. The molecule has 168 valence electrons. The van der Waals surface area contributed by atoms with Crippen LogP contribution in [0.25, 0.3) is 0 Å². The van der Waals surface area contributed by atoms with Gasteiger partial charge in [-0.1, -0.05) is 41.9 Å². The summed E-state index contributed by atoms with van der Waals surface area (Å²) in [5.41, 5.74) is 0.790. The van der Waals surface area contributed by atoms with E-state index in [1.54, 1.807) is 0 Å². The Morgan fingerprint density at radius 2 is 1.87 bits per heavy atom. The molecule has 0 radical (unpaired) electrons. The number of ether oxygens (including phenoxy) is 1. The first-order chi connectivity index (χ1) is 14.8. The Balaban J connectivity index is 1.81. The summed E-state index contributed by atoms with van der Waals surface area (Å²) in [4.78, 5) is 15.0. The number of carbonyl (C=O) groups is 1. The summed E-state index contributed by atoms with van der Waals surface area (Å²) in [6.07, 6.45) is 1.70. The van der Waals surface area contributed by atoms with E-state index in [1.165, 1.54) is 29.6 Å². The van der Waals surface area contributed by atoms with Gasteiger partial charge in [-0.2, -0.15) is 4.31 Å². The van der Waals surface area contributed by atoms with Crippen LogP contribution in [0.15, 0.2) is 53.4 Å². The summed E-state index contributed by atoms with van der Waals surface area (Å²) in [6.45, 7) is 1.61. The lowest BCUT2D eigenvalue weighted by Crippen LogP contribution is -2.47. The number of rotatable bonds is 8. The SMILES string of the molecule is COc1ccc(S(=O)(=O)N(CC(=O)NC2CCN(C)CC2)Cc2ccccc2)cc1Cl. The number of nitrogens with one attached hydrogen (secondary N) is 1. The standard InChI is InChI=1S/C22H28ClN3O4S/c1-25-12-10-18(11-13-25)24-22(27)16-26(15-17-6-4-3-5-7-17)31(28,29)19-8-9-21(30-2)20(23)14-19/h3-9,14,18H,10-13,15-16H2,1-2H3,(H,24,27). The number of likely N-dealkylation sites (tertiary alicyclic amines) is 1. The molecule has 0 unspecified atom stereocenters. The Labute approximate surface area is 189 Å². The summed E-state index contributed by atoms with van der Waals surface area (Å²) >= 11 is 6.16. The molecule has 1 aliphatic heterocycles. The van der Waals surface area contributed by atoms with Gasteiger partial charge in [-0.15, -0.1) is 0 Å². The maximum atomic E-state index is 13.4. The monoisotopic (exact) mass is 465 g/mol. The molecule has 0 aromatic heterocycles. The first kappa shape index (κ1) is 23.5. The second kappa shape index (κ2) is 10.5. The van der Waals surface area contributed by atoms with E-state index in [-0.39, 0.29) is 35.0 Å². The van der Waals surface area contributed by atoms with Gasteiger partial charge in [0.1, 0.15) is 5.75 Å². The van der Waals surface area contributed by atoms with Crippen LogP contribution in [0.2, 0.25) is 5.02 Å². The van der Waals surface area contributed by atoms with Crippen LogP contribution >= 0.6 is 11.6 Å². The summed E-state index contributed by atoms with van der Waals surface area (Å²) in [6, 6.07) is 13.5. The van der Waals surface area contributed by atoms with E-state index in [0.717, 1.165) is 31.5 Å². The number of amides is 1. The van der Waals surface area contributed by atoms with Gasteiger partial charge in [0, 0.05) is 12.6 Å². The van der Waals surface area contributed by atoms with Crippen molar-refractivity contribution in [2.75, 3.05) is 33.8 Å². The predicted octanol–water partition coefficient (Wildman–Crippen LogP) is 2.75. The molecule has 0 atom stereocenters. The lowest BCUT2D eigenvalue weighted by molar-refractivity contribution is -0.122. The highest BCUT2D eigenvalue weighted by Crippen LogP contribution is 2.29. The molecule has 1 saturated heterocycles. The molecular formula is C22H28ClN3O4S. The van der Waals surface area contributed by atoms with Gasteiger partial charge in [-0.05, 0) is 56.7 Å². The van der Waals surface area contributed by atoms with E-state index >= 15 is 0 Å². The molecule has 2 aromatic carbocycles. The lowest BCUT2D eigenvalue weighted by atomic mass is 10.1. The molecule has 7 nitrogen and oxygen atoms in total. The topological polar surface area (TPSA) is 79.0 Å². The van der Waals surface area contributed by atoms with Crippen LogP contribution in [0, 0.1) is 0 Å². The molecule has 9 heteroatoms. The zero-order valence-corrected chi connectivity index (χ0v) is 19.3. The summed E-state index contributed by atoms with van der Waals surface area (Å²) < 4.78 is 33.1. The van der Waals surface area contributed by atoms with Gasteiger partial charge in [0.05, 0.1) is 23.6 Å². The van der Waals surface area contributed by atoms with Crippen molar-refractivity contribution in [3.63, 3.8) is 0 Å². The second-order valence-corrected chi connectivity index (χ2v) is 10.0. The minimum absolute atomic E-state index is 0.0151. The fourth-order valence-electron chi connectivity index (χ4n) is 3.56. The molecule has 1 aliphatic rings. The van der Waals surface area contributed by atoms with E-state index in [1.807, 2.05) is 37.4 Å². The number of methoxy groups -OCH3 is 1. The number of halogens is 1. The van der Waals surface area contributed by atoms with E-state index in [9.17, 15) is 13.2 Å². The van der Waals surface area contributed by atoms with Crippen molar-refractivity contribution < 1.29 is 17.9 Å². The van der Waals surface area contributed by atoms with Gasteiger partial charge in [0.15, 0.2) is 0 Å². The Kier molecular flexibility index (Phi) is 7.94. The first-order valence-electron chi connectivity index (χ1n) is 10.1. The molecule has 1 N–H and O–H groups in total. The molecule has 2 aromatic rings. The van der Waals surface area contributed by atoms with Crippen LogP contribution in [-0.4, -0.2) is 63.4 Å². The van der Waals surface area contributed by atoms with Crippen molar-refractivity contribution >= 4 is 27.5 Å². The van der Waals surface area contributed by atoms with E-state index in [4.69, 9.17) is 16.3 Å². The van der Waals surface area contributed by atoms with Crippen molar-refractivity contribution in [2.45, 2.75) is 30.3 Å². The maximum Gasteiger partial charge on any atom is 0.243 e. The molecule has 0 saturated carbocycles. The Morgan fingerprint density at radius 1 is 1.19 bits per heavy atom. The maximum absolute atomic E-state index is 13.4. The normalized spacial score (nSPS) is 15.7. The Morgan fingerprint density at radius 3 is 2.48 bits per heavy atom. The van der Waals surface area contributed by atoms with Crippen molar-refractivity contribution in [1.82, 2.24) is 14.5 Å². The fourth-order valence-corrected chi connectivity index (χ4v) is 5.29. The quantitative estimate of drug-likeness (QED) is 0.648. The smallest absolute Gasteiger partial charge is 0.243 e. The lowest BCUT2D eigenvalue weighted by Gasteiger charge is -2.30. The highest BCUT2D eigenvalue weighted by atomic mass is 35.5. The fraction of sp³-hybridized carbons (Fsp3) is 0.409. The molecule has 31 heavy (non-hydrogen) atoms. The number of hydrogen-bond donors (Lipinski definition) is 1. The van der Waals surface area contributed by atoms with Crippen LogP contribution in [0.1, 0.15) is 18.4 Å². The number of benzene rings is 2.